The van der Waals surface area contributed by atoms with Gasteiger partial charge in [-0.2, -0.15) is 18.3 Å². The Morgan fingerprint density at radius 1 is 1.56 bits per heavy atom. The maximum absolute atomic E-state index is 11.5. The van der Waals surface area contributed by atoms with Gasteiger partial charge in [0.2, 0.25) is 0 Å². The fourth-order valence-electron chi connectivity index (χ4n) is 0.371. The van der Waals surface area contributed by atoms with Crippen molar-refractivity contribution in [3.8, 4) is 0 Å². The molecule has 1 radical (unpaired) electrons. The van der Waals surface area contributed by atoms with Crippen molar-refractivity contribution in [3.63, 3.8) is 0 Å². The molecule has 0 saturated carbocycles. The van der Waals surface area contributed by atoms with Crippen molar-refractivity contribution in [1.82, 2.24) is 10.2 Å². The highest BCUT2D eigenvalue weighted by Crippen LogP contribution is 2.26. The van der Waals surface area contributed by atoms with E-state index in [1.165, 1.54) is 0 Å². The fraction of sp³-hybridized carbons (Fsp3) is 0.250. The molecule has 0 fully saturated rings. The lowest BCUT2D eigenvalue weighted by atomic mass is 10.4. The molecule has 49 valence electrons. The van der Waals surface area contributed by atoms with Crippen molar-refractivity contribution in [2.75, 3.05) is 0 Å². The normalized spacial score (nSPS) is 11.9. The van der Waals surface area contributed by atoms with Crippen LogP contribution in [-0.2, 0) is 6.18 Å². The summed E-state index contributed by atoms with van der Waals surface area (Å²) < 4.78 is 34.6. The van der Waals surface area contributed by atoms with Gasteiger partial charge in [0.25, 0.3) is 0 Å². The van der Waals surface area contributed by atoms with Crippen LogP contribution in [0, 0.1) is 6.20 Å². The second-order valence-corrected chi connectivity index (χ2v) is 1.40. The number of aromatic nitrogens is 2. The minimum absolute atomic E-state index is 0.750. The van der Waals surface area contributed by atoms with Gasteiger partial charge >= 0.3 is 6.18 Å². The molecular formula is C4H2F3N2. The van der Waals surface area contributed by atoms with Crippen LogP contribution in [0.1, 0.15) is 5.69 Å². The smallest absolute Gasteiger partial charge is 0.276 e. The Bertz CT molecular complexity index is 176. The van der Waals surface area contributed by atoms with E-state index in [1.54, 1.807) is 0 Å². The van der Waals surface area contributed by atoms with Crippen molar-refractivity contribution >= 4 is 0 Å². The average molecular weight is 135 g/mol. The van der Waals surface area contributed by atoms with Crippen LogP contribution in [0.5, 0.6) is 0 Å². The van der Waals surface area contributed by atoms with E-state index in [-0.39, 0.29) is 0 Å². The van der Waals surface area contributed by atoms with Crippen LogP contribution in [0.25, 0.3) is 0 Å². The van der Waals surface area contributed by atoms with E-state index in [9.17, 15) is 13.2 Å². The number of hydrogen-bond acceptors (Lipinski definition) is 1. The van der Waals surface area contributed by atoms with E-state index in [0.29, 0.717) is 0 Å². The first-order chi connectivity index (χ1) is 4.11. The van der Waals surface area contributed by atoms with Gasteiger partial charge in [0.1, 0.15) is 0 Å². The Hall–Kier alpha value is -1.00. The first kappa shape index (κ1) is 6.12. The van der Waals surface area contributed by atoms with E-state index < -0.39 is 11.9 Å². The standard InChI is InChI=1S/C4H2F3N2/c5-4(6,7)3-1-2-8-9-3/h1H,(H,8,9). The van der Waals surface area contributed by atoms with Gasteiger partial charge in [0.15, 0.2) is 5.69 Å². The summed E-state index contributed by atoms with van der Waals surface area (Å²) in [5, 5.41) is 4.82. The molecule has 0 aliphatic carbocycles. The van der Waals surface area contributed by atoms with Crippen LogP contribution in [0.15, 0.2) is 6.07 Å². The summed E-state index contributed by atoms with van der Waals surface area (Å²) in [6, 6.07) is 0.750. The number of rotatable bonds is 0. The van der Waals surface area contributed by atoms with Gasteiger partial charge in [-0.15, -0.1) is 0 Å². The number of nitrogens with one attached hydrogen (secondary N) is 1. The SMILES string of the molecule is FC(F)(F)c1c[c][nH]n1. The molecule has 1 aromatic rings. The first-order valence-corrected chi connectivity index (χ1v) is 2.09. The van der Waals surface area contributed by atoms with Crippen LogP contribution >= 0.6 is 0 Å². The molecule has 1 N–H and O–H groups in total. The molecule has 0 atom stereocenters. The zero-order valence-corrected chi connectivity index (χ0v) is 4.16. The van der Waals surface area contributed by atoms with Crippen LogP contribution in [0.2, 0.25) is 0 Å². The molecule has 5 heteroatoms. The fourth-order valence-corrected chi connectivity index (χ4v) is 0.371. The Kier molecular flexibility index (Phi) is 1.19. The van der Waals surface area contributed by atoms with E-state index in [4.69, 9.17) is 0 Å². The van der Waals surface area contributed by atoms with Gasteiger partial charge in [0, 0.05) is 0 Å². The third kappa shape index (κ3) is 1.22. The Labute approximate surface area is 48.7 Å². The molecule has 0 aliphatic heterocycles. The largest absolute Gasteiger partial charge is 0.435 e. The summed E-state index contributed by atoms with van der Waals surface area (Å²) in [5.74, 6) is 0. The van der Waals surface area contributed by atoms with Gasteiger partial charge in [0.05, 0.1) is 6.20 Å². The van der Waals surface area contributed by atoms with Crippen molar-refractivity contribution in [3.05, 3.63) is 18.0 Å². The van der Waals surface area contributed by atoms with E-state index in [2.05, 4.69) is 11.3 Å². The summed E-state index contributed by atoms with van der Waals surface area (Å²) in [7, 11) is 0. The Morgan fingerprint density at radius 2 is 2.22 bits per heavy atom. The van der Waals surface area contributed by atoms with Gasteiger partial charge < -0.3 is 0 Å². The highest BCUT2D eigenvalue weighted by Gasteiger charge is 2.32. The monoisotopic (exact) mass is 135 g/mol. The lowest BCUT2D eigenvalue weighted by molar-refractivity contribution is -0.141. The zero-order valence-electron chi connectivity index (χ0n) is 4.16. The van der Waals surface area contributed by atoms with Crippen molar-refractivity contribution < 1.29 is 13.2 Å². The quantitative estimate of drug-likeness (QED) is 0.569. The maximum Gasteiger partial charge on any atom is 0.435 e. The van der Waals surface area contributed by atoms with E-state index >= 15 is 0 Å². The molecule has 0 unspecified atom stereocenters. The zero-order chi connectivity index (χ0) is 6.91. The number of halogens is 3. The second-order valence-electron chi connectivity index (χ2n) is 1.40. The van der Waals surface area contributed by atoms with Crippen LogP contribution in [0.3, 0.4) is 0 Å². The topological polar surface area (TPSA) is 28.7 Å². The first-order valence-electron chi connectivity index (χ1n) is 2.09. The third-order valence-electron chi connectivity index (χ3n) is 0.740. The summed E-state index contributed by atoms with van der Waals surface area (Å²) in [6.45, 7) is 0. The van der Waals surface area contributed by atoms with Crippen LogP contribution < -0.4 is 0 Å². The summed E-state index contributed by atoms with van der Waals surface area (Å²) in [5.41, 5.74) is -0.942. The molecule has 1 rings (SSSR count). The predicted octanol–water partition coefficient (Wildman–Crippen LogP) is 1.23. The third-order valence-corrected chi connectivity index (χ3v) is 0.740. The summed E-state index contributed by atoms with van der Waals surface area (Å²) >= 11 is 0. The van der Waals surface area contributed by atoms with Crippen LogP contribution in [-0.4, -0.2) is 10.2 Å². The molecule has 0 aromatic carbocycles. The Balaban J connectivity index is 2.90. The van der Waals surface area contributed by atoms with E-state index in [0.717, 1.165) is 6.07 Å². The van der Waals surface area contributed by atoms with Crippen molar-refractivity contribution in [2.24, 2.45) is 0 Å². The summed E-state index contributed by atoms with van der Waals surface area (Å²) in [6.07, 6.45) is -2.27. The molecular weight excluding hydrogens is 133 g/mol. The highest BCUT2D eigenvalue weighted by atomic mass is 19.4. The van der Waals surface area contributed by atoms with Gasteiger partial charge in [-0.3, -0.25) is 5.10 Å². The van der Waals surface area contributed by atoms with Gasteiger partial charge in [-0.1, -0.05) is 0 Å². The summed E-state index contributed by atoms with van der Waals surface area (Å²) in [4.78, 5) is 0. The lowest BCUT2D eigenvalue weighted by Gasteiger charge is -1.98. The minimum atomic E-state index is -4.35. The van der Waals surface area contributed by atoms with Crippen molar-refractivity contribution in [2.45, 2.75) is 6.18 Å². The molecule has 1 aromatic heterocycles. The van der Waals surface area contributed by atoms with Crippen molar-refractivity contribution in [1.29, 1.82) is 0 Å². The number of nitrogens with zero attached hydrogens (tertiary/aromatic N) is 1. The second kappa shape index (κ2) is 1.75. The molecule has 0 amide bonds. The number of aromatic amines is 1. The maximum atomic E-state index is 11.5. The molecule has 1 heterocycles. The minimum Gasteiger partial charge on any atom is -0.276 e. The molecule has 0 aliphatic rings. The highest BCUT2D eigenvalue weighted by molar-refractivity contribution is 5.00. The molecule has 9 heavy (non-hydrogen) atoms. The molecule has 0 spiro atoms. The van der Waals surface area contributed by atoms with E-state index in [1.807, 2.05) is 5.10 Å². The average Bonchev–Trinajstić information content (AvgIpc) is 2.08. The predicted molar refractivity (Wildman–Crippen MR) is 22.4 cm³/mol. The van der Waals surface area contributed by atoms with Gasteiger partial charge in [-0.05, 0) is 6.07 Å². The Morgan fingerprint density at radius 3 is 2.44 bits per heavy atom. The molecule has 0 saturated heterocycles. The molecule has 0 bridgehead atoms. The van der Waals surface area contributed by atoms with Crippen LogP contribution in [0.4, 0.5) is 13.2 Å². The van der Waals surface area contributed by atoms with Gasteiger partial charge in [-0.25, -0.2) is 0 Å². The number of H-pyrrole nitrogens is 1. The number of hydrogen-bond donors (Lipinski definition) is 1. The lowest BCUT2D eigenvalue weighted by Crippen LogP contribution is -2.04. The number of alkyl halides is 3. The molecule has 2 nitrogen and oxygen atoms in total.